The molecule has 0 aromatic heterocycles. The van der Waals surface area contributed by atoms with E-state index >= 15 is 0 Å². The molecule has 0 radical (unpaired) electrons. The van der Waals surface area contributed by atoms with E-state index in [0.717, 1.165) is 0 Å². The second-order valence-electron chi connectivity index (χ2n) is 3.53. The highest BCUT2D eigenvalue weighted by Crippen LogP contribution is 2.39. The van der Waals surface area contributed by atoms with Crippen molar-refractivity contribution in [1.29, 1.82) is 0 Å². The molecule has 1 unspecified atom stereocenters. The van der Waals surface area contributed by atoms with Crippen molar-refractivity contribution >= 4 is 12.4 Å². The molecule has 0 amide bonds. The third kappa shape index (κ3) is 2.26. The molecule has 1 fully saturated rings. The lowest BCUT2D eigenvalue weighted by Crippen LogP contribution is -2.44. The molecule has 1 nitrogen and oxygen atoms in total. The van der Waals surface area contributed by atoms with E-state index in [2.05, 4.69) is 5.32 Å². The van der Waals surface area contributed by atoms with Gasteiger partial charge in [0.1, 0.15) is 0 Å². The van der Waals surface area contributed by atoms with Gasteiger partial charge in [0.15, 0.2) is 0 Å². The maximum atomic E-state index is 12.2. The molecule has 0 aromatic rings. The van der Waals surface area contributed by atoms with E-state index in [-0.39, 0.29) is 18.8 Å². The lowest BCUT2D eigenvalue weighted by molar-refractivity contribution is -0.184. The topological polar surface area (TPSA) is 12.0 Å². The van der Waals surface area contributed by atoms with Gasteiger partial charge in [-0.1, -0.05) is 0 Å². The Morgan fingerprint density at radius 1 is 1.33 bits per heavy atom. The first-order chi connectivity index (χ1) is 4.84. The van der Waals surface area contributed by atoms with Crippen LogP contribution in [0.3, 0.4) is 0 Å². The van der Waals surface area contributed by atoms with Gasteiger partial charge in [-0.2, -0.15) is 13.2 Å². The van der Waals surface area contributed by atoms with Gasteiger partial charge in [0.05, 0.1) is 5.92 Å². The molecule has 1 aliphatic rings. The summed E-state index contributed by atoms with van der Waals surface area (Å²) in [7, 11) is 0. The second-order valence-corrected chi connectivity index (χ2v) is 3.53. The molecule has 0 bridgehead atoms. The lowest BCUT2D eigenvalue weighted by atomic mass is 9.89. The predicted octanol–water partition coefficient (Wildman–Crippen LogP) is 2.36. The van der Waals surface area contributed by atoms with Crippen molar-refractivity contribution in [3.05, 3.63) is 0 Å². The van der Waals surface area contributed by atoms with Crippen LogP contribution in [-0.4, -0.2) is 18.3 Å². The number of hydrogen-bond acceptors (Lipinski definition) is 1. The number of hydrogen-bond donors (Lipinski definition) is 1. The van der Waals surface area contributed by atoms with E-state index in [1.165, 1.54) is 0 Å². The van der Waals surface area contributed by atoms with Crippen LogP contribution in [0, 0.1) is 5.92 Å². The Morgan fingerprint density at radius 2 is 1.83 bits per heavy atom. The van der Waals surface area contributed by atoms with E-state index in [9.17, 15) is 13.2 Å². The van der Waals surface area contributed by atoms with Crippen LogP contribution in [0.1, 0.15) is 20.3 Å². The summed E-state index contributed by atoms with van der Waals surface area (Å²) in [5.41, 5.74) is -0.780. The SMILES string of the molecule is CC1(C)NCCC1C(F)(F)F.Cl. The number of halogens is 4. The van der Waals surface area contributed by atoms with Gasteiger partial charge in [0.2, 0.25) is 0 Å². The summed E-state index contributed by atoms with van der Waals surface area (Å²) in [6, 6.07) is 0. The fourth-order valence-corrected chi connectivity index (χ4v) is 1.60. The maximum Gasteiger partial charge on any atom is 0.393 e. The van der Waals surface area contributed by atoms with E-state index in [1.807, 2.05) is 0 Å². The van der Waals surface area contributed by atoms with Crippen molar-refractivity contribution < 1.29 is 13.2 Å². The predicted molar refractivity (Wildman–Crippen MR) is 43.5 cm³/mol. The van der Waals surface area contributed by atoms with E-state index in [0.29, 0.717) is 6.54 Å². The number of nitrogens with one attached hydrogen (secondary N) is 1. The van der Waals surface area contributed by atoms with Gasteiger partial charge in [0.25, 0.3) is 0 Å². The van der Waals surface area contributed by atoms with E-state index in [4.69, 9.17) is 0 Å². The Morgan fingerprint density at radius 3 is 2.00 bits per heavy atom. The first kappa shape index (κ1) is 12.0. The zero-order valence-electron chi connectivity index (χ0n) is 7.03. The Bertz CT molecular complexity index is 155. The average Bonchev–Trinajstić information content (AvgIpc) is 2.06. The highest BCUT2D eigenvalue weighted by molar-refractivity contribution is 5.85. The number of alkyl halides is 3. The number of rotatable bonds is 0. The first-order valence-electron chi connectivity index (χ1n) is 3.66. The molecular formula is C7H13ClF3N. The normalized spacial score (nSPS) is 28.2. The minimum atomic E-state index is -4.05. The van der Waals surface area contributed by atoms with Crippen molar-refractivity contribution in [1.82, 2.24) is 5.32 Å². The van der Waals surface area contributed by atoms with Gasteiger partial charge in [0, 0.05) is 5.54 Å². The Kier molecular flexibility index (Phi) is 3.43. The van der Waals surface area contributed by atoms with Crippen molar-refractivity contribution in [2.24, 2.45) is 5.92 Å². The van der Waals surface area contributed by atoms with Crippen LogP contribution in [0.5, 0.6) is 0 Å². The molecule has 1 atom stereocenters. The molecule has 0 saturated carbocycles. The summed E-state index contributed by atoms with van der Waals surface area (Å²) >= 11 is 0. The Balaban J connectivity index is 0.00000121. The van der Waals surface area contributed by atoms with Crippen molar-refractivity contribution in [3.8, 4) is 0 Å². The van der Waals surface area contributed by atoms with Gasteiger partial charge in [-0.15, -0.1) is 12.4 Å². The fourth-order valence-electron chi connectivity index (χ4n) is 1.60. The van der Waals surface area contributed by atoms with Crippen molar-refractivity contribution in [3.63, 3.8) is 0 Å². The molecule has 1 aliphatic heterocycles. The summed E-state index contributed by atoms with van der Waals surface area (Å²) in [5, 5.41) is 2.83. The second kappa shape index (κ2) is 3.42. The molecule has 1 saturated heterocycles. The molecule has 0 aromatic carbocycles. The monoisotopic (exact) mass is 203 g/mol. The van der Waals surface area contributed by atoms with Gasteiger partial charge >= 0.3 is 6.18 Å². The standard InChI is InChI=1S/C7H12F3N.ClH/c1-6(2)5(3-4-11-6)7(8,9)10;/h5,11H,3-4H2,1-2H3;1H. The van der Waals surface area contributed by atoms with E-state index < -0.39 is 17.6 Å². The fraction of sp³-hybridized carbons (Fsp3) is 1.00. The van der Waals surface area contributed by atoms with Gasteiger partial charge in [-0.3, -0.25) is 0 Å². The third-order valence-electron chi connectivity index (χ3n) is 2.28. The first-order valence-corrected chi connectivity index (χ1v) is 3.66. The van der Waals surface area contributed by atoms with Crippen molar-refractivity contribution in [2.45, 2.75) is 32.0 Å². The maximum absolute atomic E-state index is 12.2. The molecule has 1 rings (SSSR count). The third-order valence-corrected chi connectivity index (χ3v) is 2.28. The van der Waals surface area contributed by atoms with E-state index in [1.54, 1.807) is 13.8 Å². The molecule has 1 heterocycles. The summed E-state index contributed by atoms with van der Waals surface area (Å²) < 4.78 is 36.6. The molecule has 5 heteroatoms. The highest BCUT2D eigenvalue weighted by Gasteiger charge is 2.51. The van der Waals surface area contributed by atoms with Crippen LogP contribution in [0.25, 0.3) is 0 Å². The molecule has 0 spiro atoms. The molecule has 74 valence electrons. The van der Waals surface area contributed by atoms with Gasteiger partial charge in [-0.25, -0.2) is 0 Å². The highest BCUT2D eigenvalue weighted by atomic mass is 35.5. The van der Waals surface area contributed by atoms with Crippen LogP contribution < -0.4 is 5.32 Å². The molecule has 1 N–H and O–H groups in total. The minimum Gasteiger partial charge on any atom is -0.311 e. The minimum absolute atomic E-state index is 0. The Hall–Kier alpha value is 0.0400. The van der Waals surface area contributed by atoms with Crippen molar-refractivity contribution in [2.75, 3.05) is 6.54 Å². The largest absolute Gasteiger partial charge is 0.393 e. The quantitative estimate of drug-likeness (QED) is 0.638. The lowest BCUT2D eigenvalue weighted by Gasteiger charge is -2.28. The zero-order chi connectivity index (χ0) is 8.70. The smallest absolute Gasteiger partial charge is 0.311 e. The summed E-state index contributed by atoms with van der Waals surface area (Å²) in [6.45, 7) is 3.66. The summed E-state index contributed by atoms with van der Waals surface area (Å²) in [4.78, 5) is 0. The summed E-state index contributed by atoms with van der Waals surface area (Å²) in [6.07, 6.45) is -3.84. The van der Waals surface area contributed by atoms with Crippen LogP contribution in [0.4, 0.5) is 13.2 Å². The van der Waals surface area contributed by atoms with Crippen LogP contribution in [-0.2, 0) is 0 Å². The van der Waals surface area contributed by atoms with Crippen LogP contribution >= 0.6 is 12.4 Å². The van der Waals surface area contributed by atoms with Crippen LogP contribution in [0.15, 0.2) is 0 Å². The average molecular weight is 204 g/mol. The molecule has 0 aliphatic carbocycles. The van der Waals surface area contributed by atoms with Gasteiger partial charge < -0.3 is 5.32 Å². The summed E-state index contributed by atoms with van der Waals surface area (Å²) in [5.74, 6) is -1.19. The Labute approximate surface area is 76.1 Å². The van der Waals surface area contributed by atoms with Gasteiger partial charge in [-0.05, 0) is 26.8 Å². The molecular weight excluding hydrogens is 191 g/mol. The van der Waals surface area contributed by atoms with Crippen LogP contribution in [0.2, 0.25) is 0 Å². The molecule has 12 heavy (non-hydrogen) atoms. The zero-order valence-corrected chi connectivity index (χ0v) is 7.85.